The molecule has 0 amide bonds. The summed E-state index contributed by atoms with van der Waals surface area (Å²) in [5, 5.41) is 0. The van der Waals surface area contributed by atoms with E-state index in [1.807, 2.05) is 0 Å². The lowest BCUT2D eigenvalue weighted by Gasteiger charge is -2.16. The maximum atomic E-state index is 2.37. The molecule has 1 unspecified atom stereocenters. The second-order valence-corrected chi connectivity index (χ2v) is 4.00. The van der Waals surface area contributed by atoms with Crippen molar-refractivity contribution in [2.75, 3.05) is 0 Å². The Kier molecular flexibility index (Phi) is 5.14. The molecule has 0 fully saturated rings. The Morgan fingerprint density at radius 1 is 1.17 bits per heavy atom. The van der Waals surface area contributed by atoms with Crippen LogP contribution in [0, 0.1) is 5.92 Å². The van der Waals surface area contributed by atoms with Crippen molar-refractivity contribution in [3.8, 4) is 0 Å². The molecule has 0 aliphatic heterocycles. The molecule has 0 bridgehead atoms. The van der Waals surface area contributed by atoms with E-state index >= 15 is 0 Å². The number of rotatable bonds is 5. The van der Waals surface area contributed by atoms with Gasteiger partial charge >= 0.3 is 0 Å². The lowest BCUT2D eigenvalue weighted by molar-refractivity contribution is 0.421. The summed E-state index contributed by atoms with van der Waals surface area (Å²) < 4.78 is 0. The molecule has 0 nitrogen and oxygen atoms in total. The van der Waals surface area contributed by atoms with Gasteiger partial charge in [0, 0.05) is 0 Å². The molecule has 1 rings (SSSR count). The molecule has 1 aliphatic rings. The molecule has 0 aromatic rings. The molecule has 0 heteroatoms. The molecule has 12 heavy (non-hydrogen) atoms. The van der Waals surface area contributed by atoms with Crippen molar-refractivity contribution in [3.63, 3.8) is 0 Å². The van der Waals surface area contributed by atoms with Gasteiger partial charge in [0.05, 0.1) is 0 Å². The van der Waals surface area contributed by atoms with Crippen LogP contribution in [0.5, 0.6) is 0 Å². The summed E-state index contributed by atoms with van der Waals surface area (Å²) in [6.45, 7) is 2.28. The van der Waals surface area contributed by atoms with E-state index in [4.69, 9.17) is 0 Å². The van der Waals surface area contributed by atoms with Crippen molar-refractivity contribution in [2.24, 2.45) is 5.92 Å². The second kappa shape index (κ2) is 6.28. The van der Waals surface area contributed by atoms with Crippen LogP contribution in [0.4, 0.5) is 0 Å². The fourth-order valence-electron chi connectivity index (χ4n) is 1.98. The molecule has 0 N–H and O–H groups in total. The monoisotopic (exact) mass is 166 g/mol. The number of allylic oxidation sites excluding steroid dienone is 2. The largest absolute Gasteiger partial charge is 0.0885 e. The Hall–Kier alpha value is -0.260. The Balaban J connectivity index is 1.95. The lowest BCUT2D eigenvalue weighted by Crippen LogP contribution is -2.01. The molecule has 0 saturated carbocycles. The second-order valence-electron chi connectivity index (χ2n) is 4.00. The van der Waals surface area contributed by atoms with E-state index < -0.39 is 0 Å². The molecule has 0 aromatic heterocycles. The Morgan fingerprint density at radius 2 is 2.08 bits per heavy atom. The zero-order valence-corrected chi connectivity index (χ0v) is 8.39. The minimum Gasteiger partial charge on any atom is -0.0885 e. The van der Waals surface area contributed by atoms with Crippen molar-refractivity contribution in [1.82, 2.24) is 0 Å². The van der Waals surface area contributed by atoms with Gasteiger partial charge in [-0.05, 0) is 25.2 Å². The highest BCUT2D eigenvalue weighted by Crippen LogP contribution is 2.23. The summed E-state index contributed by atoms with van der Waals surface area (Å²) in [5.74, 6) is 1.02. The zero-order valence-electron chi connectivity index (χ0n) is 8.39. The molecule has 1 aliphatic carbocycles. The van der Waals surface area contributed by atoms with Crippen LogP contribution in [0.1, 0.15) is 58.3 Å². The molecule has 1 atom stereocenters. The third-order valence-electron chi connectivity index (χ3n) is 2.84. The van der Waals surface area contributed by atoms with Gasteiger partial charge in [-0.1, -0.05) is 51.2 Å². The van der Waals surface area contributed by atoms with E-state index in [1.165, 1.54) is 51.4 Å². The minimum absolute atomic E-state index is 1.02. The summed E-state index contributed by atoms with van der Waals surface area (Å²) in [7, 11) is 0. The first-order chi connectivity index (χ1) is 5.93. The fraction of sp³-hybridized carbons (Fsp3) is 0.833. The summed E-state index contributed by atoms with van der Waals surface area (Å²) in [5.41, 5.74) is 0. The van der Waals surface area contributed by atoms with Crippen molar-refractivity contribution in [1.29, 1.82) is 0 Å². The summed E-state index contributed by atoms with van der Waals surface area (Å²) >= 11 is 0. The highest BCUT2D eigenvalue weighted by molar-refractivity contribution is 4.89. The first-order valence-electron chi connectivity index (χ1n) is 5.58. The number of hydrogen-bond acceptors (Lipinski definition) is 0. The van der Waals surface area contributed by atoms with Gasteiger partial charge in [0.25, 0.3) is 0 Å². The summed E-state index contributed by atoms with van der Waals surface area (Å²) in [4.78, 5) is 0. The average Bonchev–Trinajstić information content (AvgIpc) is 2.14. The topological polar surface area (TPSA) is 0 Å². The van der Waals surface area contributed by atoms with Gasteiger partial charge in [-0.15, -0.1) is 0 Å². The molecular formula is C12H22. The smallest absolute Gasteiger partial charge is 0.0322 e. The Bertz CT molecular complexity index is 124. The number of hydrogen-bond donors (Lipinski definition) is 0. The van der Waals surface area contributed by atoms with Crippen LogP contribution in [-0.2, 0) is 0 Å². The highest BCUT2D eigenvalue weighted by Gasteiger charge is 2.08. The van der Waals surface area contributed by atoms with Gasteiger partial charge in [-0.2, -0.15) is 0 Å². The van der Waals surface area contributed by atoms with Gasteiger partial charge < -0.3 is 0 Å². The van der Waals surface area contributed by atoms with Gasteiger partial charge in [-0.3, -0.25) is 0 Å². The first kappa shape index (κ1) is 9.83. The van der Waals surface area contributed by atoms with E-state index in [9.17, 15) is 0 Å². The maximum Gasteiger partial charge on any atom is -0.0322 e. The van der Waals surface area contributed by atoms with E-state index in [0.717, 1.165) is 5.92 Å². The molecule has 0 heterocycles. The summed E-state index contributed by atoms with van der Waals surface area (Å²) in [6.07, 6.45) is 16.0. The van der Waals surface area contributed by atoms with Crippen LogP contribution < -0.4 is 0 Å². The van der Waals surface area contributed by atoms with Crippen molar-refractivity contribution in [2.45, 2.75) is 58.3 Å². The van der Waals surface area contributed by atoms with Crippen LogP contribution in [0.2, 0.25) is 0 Å². The van der Waals surface area contributed by atoms with E-state index in [1.54, 1.807) is 0 Å². The normalized spacial score (nSPS) is 22.9. The highest BCUT2D eigenvalue weighted by atomic mass is 14.1. The fourth-order valence-corrected chi connectivity index (χ4v) is 1.98. The first-order valence-corrected chi connectivity index (χ1v) is 5.58. The molecule has 70 valence electrons. The average molecular weight is 166 g/mol. The van der Waals surface area contributed by atoms with Crippen LogP contribution in [-0.4, -0.2) is 0 Å². The standard InChI is InChI=1S/C12H22/c1-2-3-4-6-9-12-10-7-5-8-11-12/h5,7,12H,2-4,6,8-11H2,1H3. The Labute approximate surface area is 77.1 Å². The maximum absolute atomic E-state index is 2.37. The van der Waals surface area contributed by atoms with E-state index in [2.05, 4.69) is 19.1 Å². The lowest BCUT2D eigenvalue weighted by atomic mass is 9.89. The minimum atomic E-state index is 1.02. The van der Waals surface area contributed by atoms with Crippen molar-refractivity contribution >= 4 is 0 Å². The molecule has 0 spiro atoms. The Morgan fingerprint density at radius 3 is 2.75 bits per heavy atom. The van der Waals surface area contributed by atoms with Gasteiger partial charge in [0.2, 0.25) is 0 Å². The molecular weight excluding hydrogens is 144 g/mol. The molecule has 0 aromatic carbocycles. The van der Waals surface area contributed by atoms with Crippen molar-refractivity contribution < 1.29 is 0 Å². The predicted octanol–water partition coefficient (Wildman–Crippen LogP) is 4.31. The third-order valence-corrected chi connectivity index (χ3v) is 2.84. The SMILES string of the molecule is CCCCCCC1CC=CCC1. The molecule has 0 radical (unpaired) electrons. The van der Waals surface area contributed by atoms with Gasteiger partial charge in [-0.25, -0.2) is 0 Å². The van der Waals surface area contributed by atoms with Crippen LogP contribution in [0.15, 0.2) is 12.2 Å². The molecule has 0 saturated heterocycles. The van der Waals surface area contributed by atoms with Crippen molar-refractivity contribution in [3.05, 3.63) is 12.2 Å². The van der Waals surface area contributed by atoms with E-state index in [0.29, 0.717) is 0 Å². The van der Waals surface area contributed by atoms with Crippen LogP contribution in [0.3, 0.4) is 0 Å². The van der Waals surface area contributed by atoms with Crippen LogP contribution >= 0.6 is 0 Å². The third kappa shape index (κ3) is 3.94. The predicted molar refractivity (Wildman–Crippen MR) is 55.2 cm³/mol. The number of unbranched alkanes of at least 4 members (excludes halogenated alkanes) is 3. The quantitative estimate of drug-likeness (QED) is 0.421. The van der Waals surface area contributed by atoms with Gasteiger partial charge in [0.1, 0.15) is 0 Å². The van der Waals surface area contributed by atoms with E-state index in [-0.39, 0.29) is 0 Å². The van der Waals surface area contributed by atoms with Gasteiger partial charge in [0.15, 0.2) is 0 Å². The zero-order chi connectivity index (χ0) is 8.65. The van der Waals surface area contributed by atoms with Crippen LogP contribution in [0.25, 0.3) is 0 Å². The summed E-state index contributed by atoms with van der Waals surface area (Å²) in [6, 6.07) is 0.